The predicted molar refractivity (Wildman–Crippen MR) is 172 cm³/mol. The summed E-state index contributed by atoms with van der Waals surface area (Å²) in [6.45, 7) is 6.75. The van der Waals surface area contributed by atoms with Crippen LogP contribution in [-0.2, 0) is 0 Å². The van der Waals surface area contributed by atoms with Gasteiger partial charge in [0.25, 0.3) is 6.43 Å². The van der Waals surface area contributed by atoms with Crippen molar-refractivity contribution >= 4 is 27.5 Å². The van der Waals surface area contributed by atoms with E-state index in [1.165, 1.54) is 6.07 Å². The van der Waals surface area contributed by atoms with Crippen molar-refractivity contribution in [3.05, 3.63) is 59.7 Å². The van der Waals surface area contributed by atoms with Crippen LogP contribution in [-0.4, -0.2) is 82.3 Å². The highest BCUT2D eigenvalue weighted by Gasteiger charge is 2.52. The van der Waals surface area contributed by atoms with E-state index in [4.69, 9.17) is 20.9 Å². The number of alkyl halides is 2. The lowest BCUT2D eigenvalue weighted by molar-refractivity contribution is -0.0127. The molecule has 7 heterocycles. The second-order valence-corrected chi connectivity index (χ2v) is 13.5. The Balaban J connectivity index is 1.28. The maximum atomic E-state index is 17.1. The topological polar surface area (TPSA) is 75.6 Å². The van der Waals surface area contributed by atoms with Crippen molar-refractivity contribution in [2.75, 3.05) is 31.1 Å². The van der Waals surface area contributed by atoms with Gasteiger partial charge in [-0.15, -0.1) is 6.42 Å². The van der Waals surface area contributed by atoms with Gasteiger partial charge >= 0.3 is 6.01 Å². The number of nitrogens with zero attached hydrogens (tertiary/aromatic N) is 5. The molecule has 5 aliphatic heterocycles. The van der Waals surface area contributed by atoms with E-state index in [1.54, 1.807) is 24.3 Å². The highest BCUT2D eigenvalue weighted by molar-refractivity contribution is 6.03. The average Bonchev–Trinajstić information content (AvgIpc) is 3.74. The standard InChI is InChI=1S/C36H32F4N6O2/c1-3-21-23(37)10-8-19-6-4-7-22(25(19)21)28-27(38)29-26-33(44-35(43-29)47-17-36-13-5-14-45(36)15-12-18(36)2)46-16-20-9-11-24(41-20)30(46)31(32(39)40)48-34(26)42-28/h1,4,6-8,10,20,24,30-32,41H,2,5,9,11-17H2/t20-,24+,30+,31-,36+/m1/s1. The normalized spacial score (nSPS) is 27.7. The summed E-state index contributed by atoms with van der Waals surface area (Å²) in [6, 6.07) is 6.61. The Kier molecular flexibility index (Phi) is 6.65. The molecule has 2 bridgehead atoms. The molecular formula is C36H32F4N6O2. The zero-order chi connectivity index (χ0) is 32.9. The van der Waals surface area contributed by atoms with Crippen molar-refractivity contribution in [3.63, 3.8) is 0 Å². The molecule has 246 valence electrons. The van der Waals surface area contributed by atoms with Crippen LogP contribution in [0.2, 0.25) is 0 Å². The lowest BCUT2D eigenvalue weighted by Crippen LogP contribution is -2.64. The number of anilines is 1. The number of nitrogens with one attached hydrogen (secondary N) is 1. The van der Waals surface area contributed by atoms with E-state index < -0.39 is 30.2 Å². The first-order chi connectivity index (χ1) is 23.3. The van der Waals surface area contributed by atoms with Crippen LogP contribution in [0.25, 0.3) is 32.9 Å². The van der Waals surface area contributed by atoms with E-state index in [2.05, 4.69) is 32.7 Å². The molecule has 5 aliphatic rings. The van der Waals surface area contributed by atoms with E-state index in [1.807, 2.05) is 4.90 Å². The molecule has 0 aliphatic carbocycles. The molecular weight excluding hydrogens is 624 g/mol. The quantitative estimate of drug-likeness (QED) is 0.169. The second kappa shape index (κ2) is 10.8. The van der Waals surface area contributed by atoms with Gasteiger partial charge in [-0.25, -0.2) is 22.5 Å². The van der Waals surface area contributed by atoms with Crippen LogP contribution < -0.4 is 19.7 Å². The lowest BCUT2D eigenvalue weighted by Gasteiger charge is -2.43. The number of rotatable bonds is 5. The number of hydrogen-bond donors (Lipinski definition) is 1. The third kappa shape index (κ3) is 4.19. The first-order valence-corrected chi connectivity index (χ1v) is 16.4. The fourth-order valence-corrected chi connectivity index (χ4v) is 8.82. The van der Waals surface area contributed by atoms with Gasteiger partial charge in [0, 0.05) is 36.1 Å². The minimum Gasteiger partial charge on any atom is -0.465 e. The maximum Gasteiger partial charge on any atom is 0.319 e. The van der Waals surface area contributed by atoms with E-state index >= 15 is 4.39 Å². The Morgan fingerprint density at radius 1 is 1.12 bits per heavy atom. The van der Waals surface area contributed by atoms with Crippen LogP contribution in [0.4, 0.5) is 23.4 Å². The maximum absolute atomic E-state index is 17.1. The Hall–Kier alpha value is -4.47. The molecule has 2 aromatic carbocycles. The summed E-state index contributed by atoms with van der Waals surface area (Å²) in [7, 11) is 0. The smallest absolute Gasteiger partial charge is 0.319 e. The number of pyridine rings is 1. The summed E-state index contributed by atoms with van der Waals surface area (Å²) in [4.78, 5) is 18.1. The minimum atomic E-state index is -2.89. The number of ether oxygens (including phenoxy) is 2. The summed E-state index contributed by atoms with van der Waals surface area (Å²) < 4.78 is 74.5. The van der Waals surface area contributed by atoms with Gasteiger partial charge in [-0.05, 0) is 50.1 Å². The summed E-state index contributed by atoms with van der Waals surface area (Å²) >= 11 is 0. The number of halogens is 4. The minimum absolute atomic E-state index is 0.0399. The Bertz CT molecular complexity index is 2070. The average molecular weight is 657 g/mol. The highest BCUT2D eigenvalue weighted by atomic mass is 19.3. The molecule has 1 N–H and O–H groups in total. The lowest BCUT2D eigenvalue weighted by atomic mass is 9.91. The van der Waals surface area contributed by atoms with Gasteiger partial charge < -0.3 is 19.7 Å². The van der Waals surface area contributed by atoms with Crippen LogP contribution >= 0.6 is 0 Å². The van der Waals surface area contributed by atoms with Crippen LogP contribution in [0.15, 0.2) is 42.5 Å². The molecule has 0 radical (unpaired) electrons. The molecule has 0 saturated carbocycles. The van der Waals surface area contributed by atoms with Gasteiger partial charge in [0.2, 0.25) is 5.88 Å². The van der Waals surface area contributed by atoms with Gasteiger partial charge in [-0.2, -0.15) is 9.97 Å². The van der Waals surface area contributed by atoms with Crippen molar-refractivity contribution in [2.24, 2.45) is 0 Å². The molecule has 8 nitrogen and oxygen atoms in total. The van der Waals surface area contributed by atoms with Crippen LogP contribution in [0.1, 0.15) is 37.7 Å². The van der Waals surface area contributed by atoms with E-state index in [9.17, 15) is 13.2 Å². The fourth-order valence-electron chi connectivity index (χ4n) is 8.82. The summed E-state index contributed by atoms with van der Waals surface area (Å²) in [6.07, 6.45) is 5.46. The van der Waals surface area contributed by atoms with Crippen molar-refractivity contribution < 1.29 is 27.0 Å². The summed E-state index contributed by atoms with van der Waals surface area (Å²) in [5, 5.41) is 4.38. The Morgan fingerprint density at radius 2 is 2.00 bits per heavy atom. The number of fused-ring (bicyclic) bond motifs is 7. The largest absolute Gasteiger partial charge is 0.465 e. The van der Waals surface area contributed by atoms with E-state index in [0.29, 0.717) is 18.4 Å². The van der Waals surface area contributed by atoms with E-state index in [0.717, 1.165) is 44.3 Å². The highest BCUT2D eigenvalue weighted by Crippen LogP contribution is 2.47. The zero-order valence-electron chi connectivity index (χ0n) is 26.0. The van der Waals surface area contributed by atoms with Gasteiger partial charge in [-0.1, -0.05) is 42.3 Å². The summed E-state index contributed by atoms with van der Waals surface area (Å²) in [5.74, 6) is 0.905. The monoisotopic (exact) mass is 656 g/mol. The van der Waals surface area contributed by atoms with Gasteiger partial charge in [0.1, 0.15) is 34.8 Å². The number of hydrogen-bond acceptors (Lipinski definition) is 8. The molecule has 0 amide bonds. The van der Waals surface area contributed by atoms with Crippen molar-refractivity contribution in [3.8, 4) is 35.5 Å². The molecule has 4 saturated heterocycles. The van der Waals surface area contributed by atoms with Gasteiger partial charge in [0.05, 0.1) is 17.1 Å². The fraction of sp³-hybridized carbons (Fsp3) is 0.417. The number of benzene rings is 2. The molecule has 4 aromatic rings. The van der Waals surface area contributed by atoms with Crippen molar-refractivity contribution in [1.29, 1.82) is 0 Å². The molecule has 48 heavy (non-hydrogen) atoms. The second-order valence-electron chi connectivity index (χ2n) is 13.5. The first-order valence-electron chi connectivity index (χ1n) is 16.4. The Morgan fingerprint density at radius 3 is 2.83 bits per heavy atom. The third-order valence-electron chi connectivity index (χ3n) is 11.1. The van der Waals surface area contributed by atoms with Gasteiger partial charge in [0.15, 0.2) is 11.9 Å². The molecule has 5 atom stereocenters. The summed E-state index contributed by atoms with van der Waals surface area (Å²) in [5.41, 5.74) is 0.401. The molecule has 2 aromatic heterocycles. The SMILES string of the molecule is C#Cc1c(F)ccc2cccc(-c3nc4c5c(nc(OC[C@]67CCCN6CCC7=C)nc5c3F)N3C[C@H]5CC[C@H](N5)[C@H]3[C@H](C(F)F)O4)c12. The zero-order valence-corrected chi connectivity index (χ0v) is 26.0. The van der Waals surface area contributed by atoms with Gasteiger partial charge in [-0.3, -0.25) is 4.90 Å². The van der Waals surface area contributed by atoms with Crippen molar-refractivity contribution in [2.45, 2.75) is 68.3 Å². The molecule has 9 rings (SSSR count). The van der Waals surface area contributed by atoms with Crippen LogP contribution in [0.3, 0.4) is 0 Å². The molecule has 0 unspecified atom stereocenters. The third-order valence-corrected chi connectivity index (χ3v) is 11.1. The number of piperazine rings is 1. The van der Waals surface area contributed by atoms with E-state index in [-0.39, 0.29) is 75.0 Å². The predicted octanol–water partition coefficient (Wildman–Crippen LogP) is 5.61. The molecule has 0 spiro atoms. The molecule has 4 fully saturated rings. The first kappa shape index (κ1) is 29.7. The van der Waals surface area contributed by atoms with Crippen LogP contribution in [0, 0.1) is 24.0 Å². The molecule has 12 heteroatoms. The van der Waals surface area contributed by atoms with Crippen molar-refractivity contribution in [1.82, 2.24) is 25.2 Å². The Labute approximate surface area is 274 Å². The van der Waals surface area contributed by atoms with Crippen LogP contribution in [0.5, 0.6) is 11.9 Å². The number of terminal acetylenes is 1. The number of aromatic nitrogens is 3.